The van der Waals surface area contributed by atoms with Crippen LogP contribution < -0.4 is 20.5 Å². The molecule has 4 rings (SSSR count). The molecule has 0 fully saturated rings. The lowest BCUT2D eigenvalue weighted by molar-refractivity contribution is -0.118. The van der Waals surface area contributed by atoms with E-state index in [4.69, 9.17) is 9.72 Å². The van der Waals surface area contributed by atoms with Crippen LogP contribution in [-0.2, 0) is 10.2 Å². The van der Waals surface area contributed by atoms with E-state index in [1.54, 1.807) is 24.3 Å². The van der Waals surface area contributed by atoms with E-state index in [0.29, 0.717) is 33.7 Å². The normalized spacial score (nSPS) is 11.7. The van der Waals surface area contributed by atoms with E-state index < -0.39 is 17.1 Å². The molecule has 0 unspecified atom stereocenters. The second-order valence-corrected chi connectivity index (χ2v) is 11.1. The van der Waals surface area contributed by atoms with Crippen LogP contribution in [0.1, 0.15) is 32.2 Å². The highest BCUT2D eigenvalue weighted by molar-refractivity contribution is 9.10. The first kappa shape index (κ1) is 28.0. The molecule has 0 aliphatic carbocycles. The van der Waals surface area contributed by atoms with Crippen LogP contribution in [0.5, 0.6) is 5.75 Å². The Labute approximate surface area is 234 Å². The number of hydrogen-bond acceptors (Lipinski definition) is 6. The molecule has 0 aliphatic heterocycles. The quantitative estimate of drug-likeness (QED) is 0.283. The van der Waals surface area contributed by atoms with Crippen molar-refractivity contribution in [2.75, 3.05) is 30.9 Å². The molecule has 202 valence electrons. The third kappa shape index (κ3) is 6.69. The molecule has 0 saturated heterocycles. The summed E-state index contributed by atoms with van der Waals surface area (Å²) in [6, 6.07) is 16.3. The predicted molar refractivity (Wildman–Crippen MR) is 157 cm³/mol. The second kappa shape index (κ2) is 11.4. The summed E-state index contributed by atoms with van der Waals surface area (Å²) in [4.78, 5) is 32.6. The summed E-state index contributed by atoms with van der Waals surface area (Å²) in [6.07, 6.45) is 1.52. The molecule has 3 aromatic carbocycles. The molecule has 0 atom stereocenters. The molecule has 1 aromatic heterocycles. The van der Waals surface area contributed by atoms with Crippen LogP contribution in [0.2, 0.25) is 0 Å². The van der Waals surface area contributed by atoms with Crippen molar-refractivity contribution in [1.82, 2.24) is 9.66 Å². The van der Waals surface area contributed by atoms with Crippen LogP contribution in [-0.4, -0.2) is 42.5 Å². The molecule has 4 aromatic rings. The molecule has 1 heterocycles. The number of hydrogen-bond donors (Lipinski definition) is 1. The van der Waals surface area contributed by atoms with Crippen molar-refractivity contribution in [2.24, 2.45) is 5.10 Å². The number of anilines is 2. The maximum absolute atomic E-state index is 13.5. The lowest BCUT2D eigenvalue weighted by atomic mass is 9.95. The minimum absolute atomic E-state index is 0.284. The number of aromatic nitrogens is 2. The first-order valence-corrected chi connectivity index (χ1v) is 13.0. The molecule has 39 heavy (non-hydrogen) atoms. The molecule has 8 nitrogen and oxygen atoms in total. The topological polar surface area (TPSA) is 88.8 Å². The molecule has 1 N–H and O–H groups in total. The van der Waals surface area contributed by atoms with Gasteiger partial charge in [-0.15, -0.1) is 0 Å². The fraction of sp³-hybridized carbons (Fsp3) is 0.241. The Morgan fingerprint density at radius 2 is 1.85 bits per heavy atom. The van der Waals surface area contributed by atoms with Crippen molar-refractivity contribution < 1.29 is 13.9 Å². The fourth-order valence-corrected chi connectivity index (χ4v) is 4.13. The van der Waals surface area contributed by atoms with Gasteiger partial charge in [0.15, 0.2) is 6.61 Å². The van der Waals surface area contributed by atoms with Gasteiger partial charge in [-0.1, -0.05) is 36.7 Å². The number of carbonyl (C=O) groups excluding carboxylic acids is 1. The summed E-state index contributed by atoms with van der Waals surface area (Å²) in [5, 5.41) is 7.64. The maximum atomic E-state index is 13.5. The Hall–Kier alpha value is -4.05. The van der Waals surface area contributed by atoms with E-state index in [2.05, 4.69) is 26.3 Å². The van der Waals surface area contributed by atoms with Crippen LogP contribution in [0.4, 0.5) is 15.8 Å². The van der Waals surface area contributed by atoms with E-state index in [1.165, 1.54) is 35.2 Å². The van der Waals surface area contributed by atoms with Gasteiger partial charge in [0.25, 0.3) is 11.5 Å². The Bertz CT molecular complexity index is 1610. The molecule has 10 heteroatoms. The largest absolute Gasteiger partial charge is 0.483 e. The van der Waals surface area contributed by atoms with Crippen molar-refractivity contribution in [2.45, 2.75) is 26.2 Å². The number of benzene rings is 3. The first-order valence-electron chi connectivity index (χ1n) is 12.2. The summed E-state index contributed by atoms with van der Waals surface area (Å²) >= 11 is 3.42. The predicted octanol–water partition coefficient (Wildman–Crippen LogP) is 5.56. The van der Waals surface area contributed by atoms with Crippen LogP contribution >= 0.6 is 15.9 Å². The van der Waals surface area contributed by atoms with Crippen molar-refractivity contribution in [3.63, 3.8) is 0 Å². The van der Waals surface area contributed by atoms with E-state index >= 15 is 0 Å². The smallest absolute Gasteiger partial charge is 0.282 e. The Morgan fingerprint density at radius 3 is 2.51 bits per heavy atom. The number of amides is 1. The molecular formula is C29H29BrFN5O3. The molecule has 1 amide bonds. The maximum Gasteiger partial charge on any atom is 0.282 e. The third-order valence-electron chi connectivity index (χ3n) is 5.79. The lowest BCUT2D eigenvalue weighted by Gasteiger charge is -2.21. The summed E-state index contributed by atoms with van der Waals surface area (Å²) in [6.45, 7) is 5.61. The van der Waals surface area contributed by atoms with Gasteiger partial charge >= 0.3 is 0 Å². The van der Waals surface area contributed by atoms with E-state index in [9.17, 15) is 14.0 Å². The molecule has 0 bridgehead atoms. The highest BCUT2D eigenvalue weighted by Crippen LogP contribution is 2.26. The van der Waals surface area contributed by atoms with E-state index in [-0.39, 0.29) is 12.2 Å². The van der Waals surface area contributed by atoms with Crippen LogP contribution in [0.15, 0.2) is 75.0 Å². The zero-order valence-corrected chi connectivity index (χ0v) is 23.9. The fourth-order valence-electron chi connectivity index (χ4n) is 3.77. The summed E-state index contributed by atoms with van der Waals surface area (Å²) in [5.74, 6) is 0.109. The number of fused-ring (bicyclic) bond motifs is 1. The van der Waals surface area contributed by atoms with Gasteiger partial charge in [-0.05, 0) is 54.6 Å². The van der Waals surface area contributed by atoms with Crippen molar-refractivity contribution in [3.8, 4) is 5.75 Å². The van der Waals surface area contributed by atoms with Gasteiger partial charge in [0.05, 0.1) is 17.1 Å². The summed E-state index contributed by atoms with van der Waals surface area (Å²) < 4.78 is 21.1. The van der Waals surface area contributed by atoms with Crippen LogP contribution in [0, 0.1) is 5.82 Å². The number of carbonyl (C=O) groups is 1. The monoisotopic (exact) mass is 593 g/mol. The number of nitrogens with one attached hydrogen (secondary N) is 1. The van der Waals surface area contributed by atoms with Gasteiger partial charge in [-0.2, -0.15) is 9.78 Å². The van der Waals surface area contributed by atoms with Crippen LogP contribution in [0.25, 0.3) is 10.9 Å². The summed E-state index contributed by atoms with van der Waals surface area (Å²) in [7, 11) is 3.78. The highest BCUT2D eigenvalue weighted by atomic mass is 79.9. The average Bonchev–Trinajstić information content (AvgIpc) is 2.88. The number of halogens is 2. The van der Waals surface area contributed by atoms with Gasteiger partial charge in [0.1, 0.15) is 17.4 Å². The van der Waals surface area contributed by atoms with Crippen LogP contribution in [0.3, 0.4) is 0 Å². The van der Waals surface area contributed by atoms with Gasteiger partial charge in [0.2, 0.25) is 0 Å². The standard InChI is InChI=1S/C29H29BrFN5O3/c1-29(2,3)28-34-24-13-7-19(30)14-23(24)27(38)36(28)32-16-18-6-12-22(35(4)5)15-25(18)39-17-26(37)33-21-10-8-20(31)9-11-21/h6-16H,17H2,1-5H3,(H,33,37). The van der Waals surface area contributed by atoms with Gasteiger partial charge < -0.3 is 15.0 Å². The molecular weight excluding hydrogens is 565 g/mol. The van der Waals surface area contributed by atoms with E-state index in [1.807, 2.05) is 51.9 Å². The number of nitrogens with zero attached hydrogens (tertiary/aromatic N) is 4. The Kier molecular flexibility index (Phi) is 8.15. The molecule has 0 saturated carbocycles. The van der Waals surface area contributed by atoms with Crippen molar-refractivity contribution >= 4 is 50.3 Å². The second-order valence-electron chi connectivity index (χ2n) is 10.2. The van der Waals surface area contributed by atoms with Gasteiger partial charge in [-0.3, -0.25) is 9.59 Å². The minimum Gasteiger partial charge on any atom is -0.483 e. The summed E-state index contributed by atoms with van der Waals surface area (Å²) in [5.41, 5.74) is 1.70. The lowest BCUT2D eigenvalue weighted by Crippen LogP contribution is -2.29. The molecule has 0 aliphatic rings. The van der Waals surface area contributed by atoms with Crippen molar-refractivity contribution in [3.05, 3.63) is 92.7 Å². The number of ether oxygens (including phenoxy) is 1. The van der Waals surface area contributed by atoms with Gasteiger partial charge in [-0.25, -0.2) is 9.37 Å². The number of rotatable bonds is 7. The van der Waals surface area contributed by atoms with Crippen molar-refractivity contribution in [1.29, 1.82) is 0 Å². The Balaban J connectivity index is 1.68. The highest BCUT2D eigenvalue weighted by Gasteiger charge is 2.23. The molecule has 0 radical (unpaired) electrons. The third-order valence-corrected chi connectivity index (χ3v) is 6.29. The molecule has 0 spiro atoms. The SMILES string of the molecule is CN(C)c1ccc(C=Nn2c(C(C)(C)C)nc3ccc(Br)cc3c2=O)c(OCC(=O)Nc2ccc(F)cc2)c1. The zero-order chi connectivity index (χ0) is 28.3. The first-order chi connectivity index (χ1) is 18.4. The average molecular weight is 594 g/mol. The Morgan fingerprint density at radius 1 is 1.13 bits per heavy atom. The van der Waals surface area contributed by atoms with E-state index in [0.717, 1.165) is 10.2 Å². The van der Waals surface area contributed by atoms with Gasteiger partial charge in [0, 0.05) is 47.0 Å². The zero-order valence-electron chi connectivity index (χ0n) is 22.3. The minimum atomic E-state index is -0.468.